The zero-order valence-electron chi connectivity index (χ0n) is 14.7. The SMILES string of the molecule is COc1ccc(C)cc1NC(=O)CCNS(=O)(=O)/C=C/c1ccccc1. The van der Waals surface area contributed by atoms with Crippen molar-refractivity contribution in [2.75, 3.05) is 19.0 Å². The normalized spacial score (nSPS) is 11.5. The van der Waals surface area contributed by atoms with Gasteiger partial charge in [-0.2, -0.15) is 0 Å². The van der Waals surface area contributed by atoms with Gasteiger partial charge in [0.1, 0.15) is 5.75 Å². The number of ether oxygens (including phenoxy) is 1. The number of carbonyl (C=O) groups is 1. The number of amides is 1. The number of methoxy groups -OCH3 is 1. The van der Waals surface area contributed by atoms with Crippen LogP contribution in [0.3, 0.4) is 0 Å². The number of anilines is 1. The van der Waals surface area contributed by atoms with Gasteiger partial charge in [-0.25, -0.2) is 13.1 Å². The van der Waals surface area contributed by atoms with Gasteiger partial charge in [0.15, 0.2) is 0 Å². The van der Waals surface area contributed by atoms with Gasteiger partial charge in [0.05, 0.1) is 12.8 Å². The molecule has 0 spiro atoms. The Bertz CT molecular complexity index is 878. The zero-order valence-corrected chi connectivity index (χ0v) is 15.5. The summed E-state index contributed by atoms with van der Waals surface area (Å²) in [5, 5.41) is 3.82. The van der Waals surface area contributed by atoms with Crippen LogP contribution in [0.5, 0.6) is 5.75 Å². The predicted molar refractivity (Wildman–Crippen MR) is 103 cm³/mol. The summed E-state index contributed by atoms with van der Waals surface area (Å²) in [5.74, 6) is 0.249. The molecule has 2 rings (SSSR count). The van der Waals surface area contributed by atoms with Crippen LogP contribution in [0, 0.1) is 6.92 Å². The minimum Gasteiger partial charge on any atom is -0.495 e. The Hall–Kier alpha value is -2.64. The van der Waals surface area contributed by atoms with E-state index in [2.05, 4.69) is 10.0 Å². The van der Waals surface area contributed by atoms with E-state index in [1.54, 1.807) is 24.3 Å². The van der Waals surface area contributed by atoms with Crippen LogP contribution >= 0.6 is 0 Å². The number of nitrogens with one attached hydrogen (secondary N) is 2. The summed E-state index contributed by atoms with van der Waals surface area (Å²) >= 11 is 0. The summed E-state index contributed by atoms with van der Waals surface area (Å²) in [5.41, 5.74) is 2.32. The molecule has 2 aromatic rings. The minimum atomic E-state index is -3.60. The van der Waals surface area contributed by atoms with Crippen LogP contribution in [0.15, 0.2) is 53.9 Å². The van der Waals surface area contributed by atoms with Crippen molar-refractivity contribution in [1.29, 1.82) is 0 Å². The number of hydrogen-bond donors (Lipinski definition) is 2. The summed E-state index contributed by atoms with van der Waals surface area (Å²) in [6.45, 7) is 1.91. The topological polar surface area (TPSA) is 84.5 Å². The number of rotatable bonds is 8. The second kappa shape index (κ2) is 9.17. The van der Waals surface area contributed by atoms with E-state index in [0.717, 1.165) is 16.5 Å². The monoisotopic (exact) mass is 374 g/mol. The molecule has 0 atom stereocenters. The highest BCUT2D eigenvalue weighted by Gasteiger charge is 2.10. The quantitative estimate of drug-likeness (QED) is 0.744. The van der Waals surface area contributed by atoms with Crippen LogP contribution in [-0.4, -0.2) is 28.0 Å². The van der Waals surface area contributed by atoms with Crippen LogP contribution in [0.25, 0.3) is 6.08 Å². The third kappa shape index (κ3) is 6.34. The summed E-state index contributed by atoms with van der Waals surface area (Å²) in [6, 6.07) is 14.5. The van der Waals surface area contributed by atoms with Crippen LogP contribution in [0.2, 0.25) is 0 Å². The molecule has 6 nitrogen and oxygen atoms in total. The molecule has 7 heteroatoms. The fourth-order valence-corrected chi connectivity index (χ4v) is 3.04. The lowest BCUT2D eigenvalue weighted by Crippen LogP contribution is -2.26. The number of carbonyl (C=O) groups excluding carboxylic acids is 1. The lowest BCUT2D eigenvalue weighted by Gasteiger charge is -2.11. The fraction of sp³-hybridized carbons (Fsp3) is 0.211. The van der Waals surface area contributed by atoms with Crippen LogP contribution in [0.1, 0.15) is 17.5 Å². The Labute approximate surface area is 153 Å². The molecule has 0 aromatic heterocycles. The van der Waals surface area contributed by atoms with Crippen molar-refractivity contribution in [3.8, 4) is 5.75 Å². The minimum absolute atomic E-state index is 0.00142. The highest BCUT2D eigenvalue weighted by molar-refractivity contribution is 7.92. The van der Waals surface area contributed by atoms with Gasteiger partial charge in [0.25, 0.3) is 0 Å². The molecule has 138 valence electrons. The van der Waals surface area contributed by atoms with Crippen molar-refractivity contribution in [2.24, 2.45) is 0 Å². The molecule has 0 aliphatic rings. The predicted octanol–water partition coefficient (Wildman–Crippen LogP) is 2.92. The van der Waals surface area contributed by atoms with Crippen molar-refractivity contribution >= 4 is 27.7 Å². The first-order valence-corrected chi connectivity index (χ1v) is 9.61. The Morgan fingerprint density at radius 2 is 1.88 bits per heavy atom. The molecule has 0 unspecified atom stereocenters. The first-order valence-electron chi connectivity index (χ1n) is 8.07. The van der Waals surface area contributed by atoms with Gasteiger partial charge in [0, 0.05) is 18.4 Å². The van der Waals surface area contributed by atoms with Gasteiger partial charge in [-0.15, -0.1) is 0 Å². The number of benzene rings is 2. The Kier molecular flexibility index (Phi) is 6.94. The standard InChI is InChI=1S/C19H22N2O4S/c1-15-8-9-18(25-2)17(14-15)21-19(22)10-12-20-26(23,24)13-11-16-6-4-3-5-7-16/h3-9,11,13-14,20H,10,12H2,1-2H3,(H,21,22)/b13-11+. The van der Waals surface area contributed by atoms with E-state index in [1.165, 1.54) is 13.2 Å². The smallest absolute Gasteiger partial charge is 0.233 e. The molecular formula is C19H22N2O4S. The average Bonchev–Trinajstić information content (AvgIpc) is 2.61. The second-order valence-electron chi connectivity index (χ2n) is 5.65. The first kappa shape index (κ1) is 19.7. The third-order valence-electron chi connectivity index (χ3n) is 3.52. The Morgan fingerprint density at radius 3 is 2.58 bits per heavy atom. The van der Waals surface area contributed by atoms with Crippen molar-refractivity contribution in [2.45, 2.75) is 13.3 Å². The molecular weight excluding hydrogens is 352 g/mol. The van der Waals surface area contributed by atoms with Gasteiger partial charge in [-0.3, -0.25) is 4.79 Å². The fourth-order valence-electron chi connectivity index (χ4n) is 2.22. The van der Waals surface area contributed by atoms with E-state index >= 15 is 0 Å². The first-order chi connectivity index (χ1) is 12.4. The van der Waals surface area contributed by atoms with E-state index in [1.807, 2.05) is 31.2 Å². The molecule has 0 fully saturated rings. The third-order valence-corrected chi connectivity index (χ3v) is 4.62. The van der Waals surface area contributed by atoms with E-state index in [0.29, 0.717) is 11.4 Å². The molecule has 0 saturated carbocycles. The van der Waals surface area contributed by atoms with E-state index in [-0.39, 0.29) is 18.9 Å². The van der Waals surface area contributed by atoms with Gasteiger partial charge in [0.2, 0.25) is 15.9 Å². The number of hydrogen-bond acceptors (Lipinski definition) is 4. The van der Waals surface area contributed by atoms with E-state index < -0.39 is 10.0 Å². The van der Waals surface area contributed by atoms with Gasteiger partial charge < -0.3 is 10.1 Å². The van der Waals surface area contributed by atoms with Crippen molar-refractivity contribution in [3.05, 3.63) is 65.1 Å². The lowest BCUT2D eigenvalue weighted by atomic mass is 10.2. The maximum Gasteiger partial charge on any atom is 0.233 e. The summed E-state index contributed by atoms with van der Waals surface area (Å²) in [6.07, 6.45) is 1.51. The second-order valence-corrected chi connectivity index (χ2v) is 7.31. The van der Waals surface area contributed by atoms with E-state index in [4.69, 9.17) is 4.74 Å². The molecule has 0 radical (unpaired) electrons. The summed E-state index contributed by atoms with van der Waals surface area (Å²) in [7, 11) is -2.08. The summed E-state index contributed by atoms with van der Waals surface area (Å²) < 4.78 is 31.5. The van der Waals surface area contributed by atoms with Crippen molar-refractivity contribution < 1.29 is 17.9 Å². The average molecular weight is 374 g/mol. The summed E-state index contributed by atoms with van der Waals surface area (Å²) in [4.78, 5) is 12.0. The Morgan fingerprint density at radius 1 is 1.15 bits per heavy atom. The number of aryl methyl sites for hydroxylation is 1. The van der Waals surface area contributed by atoms with Gasteiger partial charge in [-0.05, 0) is 36.3 Å². The van der Waals surface area contributed by atoms with Crippen LogP contribution in [-0.2, 0) is 14.8 Å². The zero-order chi connectivity index (χ0) is 19.0. The molecule has 2 aromatic carbocycles. The highest BCUT2D eigenvalue weighted by Crippen LogP contribution is 2.25. The number of sulfonamides is 1. The van der Waals surface area contributed by atoms with E-state index in [9.17, 15) is 13.2 Å². The van der Waals surface area contributed by atoms with Crippen molar-refractivity contribution in [3.63, 3.8) is 0 Å². The molecule has 0 bridgehead atoms. The van der Waals surface area contributed by atoms with Crippen LogP contribution in [0.4, 0.5) is 5.69 Å². The maximum absolute atomic E-state index is 12.0. The molecule has 26 heavy (non-hydrogen) atoms. The maximum atomic E-state index is 12.0. The Balaban J connectivity index is 1.86. The molecule has 2 N–H and O–H groups in total. The van der Waals surface area contributed by atoms with Gasteiger partial charge in [-0.1, -0.05) is 36.4 Å². The molecule has 0 heterocycles. The molecule has 0 saturated heterocycles. The molecule has 0 aliphatic carbocycles. The van der Waals surface area contributed by atoms with Gasteiger partial charge >= 0.3 is 0 Å². The highest BCUT2D eigenvalue weighted by atomic mass is 32.2. The van der Waals surface area contributed by atoms with Crippen LogP contribution < -0.4 is 14.8 Å². The molecule has 1 amide bonds. The largest absolute Gasteiger partial charge is 0.495 e. The molecule has 0 aliphatic heterocycles. The van der Waals surface area contributed by atoms with Crippen molar-refractivity contribution in [1.82, 2.24) is 4.72 Å². The lowest BCUT2D eigenvalue weighted by molar-refractivity contribution is -0.116.